The summed E-state index contributed by atoms with van der Waals surface area (Å²) < 4.78 is 3.28. The molecule has 0 aromatic carbocycles. The summed E-state index contributed by atoms with van der Waals surface area (Å²) in [7, 11) is 2.02. The Hall–Kier alpha value is -0.650. The molecule has 2 heterocycles. The highest BCUT2D eigenvalue weighted by Crippen LogP contribution is 2.26. The van der Waals surface area contributed by atoms with Crippen LogP contribution in [-0.2, 0) is 19.4 Å². The predicted molar refractivity (Wildman–Crippen MR) is 84.8 cm³/mol. The molecule has 0 spiro atoms. The van der Waals surface area contributed by atoms with Crippen LogP contribution in [0, 0.1) is 0 Å². The van der Waals surface area contributed by atoms with Gasteiger partial charge in [-0.3, -0.25) is 4.68 Å². The Bertz CT molecular complexity index is 533. The van der Waals surface area contributed by atoms with Crippen LogP contribution >= 0.6 is 27.3 Å². The number of nitrogens with zero attached hydrogens (tertiary/aromatic N) is 2. The van der Waals surface area contributed by atoms with Gasteiger partial charge in [-0.1, -0.05) is 6.92 Å². The smallest absolute Gasteiger partial charge is 0.0625 e. The molecule has 0 fully saturated rings. The second kappa shape index (κ2) is 6.68. The van der Waals surface area contributed by atoms with E-state index < -0.39 is 0 Å². The van der Waals surface area contributed by atoms with E-state index in [0.29, 0.717) is 6.04 Å². The largest absolute Gasteiger partial charge is 0.311 e. The Morgan fingerprint density at radius 2 is 2.21 bits per heavy atom. The van der Waals surface area contributed by atoms with Gasteiger partial charge < -0.3 is 5.32 Å². The van der Waals surface area contributed by atoms with E-state index in [-0.39, 0.29) is 0 Å². The minimum absolute atomic E-state index is 0.318. The molecule has 0 amide bonds. The van der Waals surface area contributed by atoms with Crippen LogP contribution in [0.1, 0.15) is 36.2 Å². The average molecular weight is 342 g/mol. The third-order valence-electron chi connectivity index (χ3n) is 3.26. The number of halogens is 1. The molecular formula is C14H20BrN3S. The fourth-order valence-corrected chi connectivity index (χ4v) is 3.71. The van der Waals surface area contributed by atoms with Gasteiger partial charge in [0.05, 0.1) is 17.4 Å². The third kappa shape index (κ3) is 3.46. The maximum Gasteiger partial charge on any atom is 0.0625 e. The van der Waals surface area contributed by atoms with E-state index in [1.54, 1.807) is 11.3 Å². The standard InChI is InChI=1S/C14H20BrN3S/c1-4-11-7-14(18(5-2)17-11)13(16-3)8-12-6-10(15)9-19-12/h6-7,9,13,16H,4-5,8H2,1-3H3. The molecule has 0 radical (unpaired) electrons. The van der Waals surface area contributed by atoms with Crippen LogP contribution in [-0.4, -0.2) is 16.8 Å². The zero-order valence-corrected chi connectivity index (χ0v) is 14.0. The number of aryl methyl sites for hydroxylation is 2. The van der Waals surface area contributed by atoms with E-state index in [1.165, 1.54) is 20.7 Å². The molecule has 0 bridgehead atoms. The van der Waals surface area contributed by atoms with Gasteiger partial charge in [-0.2, -0.15) is 5.10 Å². The first-order chi connectivity index (χ1) is 9.17. The van der Waals surface area contributed by atoms with Gasteiger partial charge in [-0.15, -0.1) is 11.3 Å². The van der Waals surface area contributed by atoms with E-state index in [2.05, 4.69) is 62.4 Å². The Kier molecular flexibility index (Phi) is 5.19. The predicted octanol–water partition coefficient (Wildman–Crippen LogP) is 3.79. The number of hydrogen-bond donors (Lipinski definition) is 1. The van der Waals surface area contributed by atoms with E-state index >= 15 is 0 Å². The van der Waals surface area contributed by atoms with Crippen molar-refractivity contribution in [1.82, 2.24) is 15.1 Å². The van der Waals surface area contributed by atoms with Gasteiger partial charge in [-0.25, -0.2) is 0 Å². The first kappa shape index (κ1) is 14.8. The molecule has 19 heavy (non-hydrogen) atoms. The molecule has 1 N–H and O–H groups in total. The Balaban J connectivity index is 2.23. The topological polar surface area (TPSA) is 29.9 Å². The summed E-state index contributed by atoms with van der Waals surface area (Å²) in [5, 5.41) is 10.2. The van der Waals surface area contributed by atoms with Crippen LogP contribution in [0.3, 0.4) is 0 Å². The molecule has 0 aliphatic heterocycles. The fraction of sp³-hybridized carbons (Fsp3) is 0.500. The molecule has 2 aromatic rings. The van der Waals surface area contributed by atoms with Gasteiger partial charge in [0.2, 0.25) is 0 Å². The second-order valence-corrected chi connectivity index (χ2v) is 6.42. The highest BCUT2D eigenvalue weighted by atomic mass is 79.9. The molecule has 5 heteroatoms. The van der Waals surface area contributed by atoms with E-state index in [0.717, 1.165) is 19.4 Å². The Morgan fingerprint density at radius 3 is 2.74 bits per heavy atom. The van der Waals surface area contributed by atoms with Crippen LogP contribution in [0.4, 0.5) is 0 Å². The quantitative estimate of drug-likeness (QED) is 0.866. The number of nitrogens with one attached hydrogen (secondary N) is 1. The molecule has 0 aliphatic rings. The SMILES string of the molecule is CCc1cc(C(Cc2cc(Br)cs2)NC)n(CC)n1. The molecule has 0 saturated carbocycles. The van der Waals surface area contributed by atoms with Crippen LogP contribution in [0.25, 0.3) is 0 Å². The lowest BCUT2D eigenvalue weighted by atomic mass is 10.1. The van der Waals surface area contributed by atoms with E-state index in [9.17, 15) is 0 Å². The van der Waals surface area contributed by atoms with Crippen LogP contribution < -0.4 is 5.32 Å². The monoisotopic (exact) mass is 341 g/mol. The van der Waals surface area contributed by atoms with Crippen molar-refractivity contribution < 1.29 is 0 Å². The normalized spacial score (nSPS) is 12.8. The summed E-state index contributed by atoms with van der Waals surface area (Å²) in [5.41, 5.74) is 2.45. The van der Waals surface area contributed by atoms with Gasteiger partial charge >= 0.3 is 0 Å². The summed E-state index contributed by atoms with van der Waals surface area (Å²) in [6, 6.07) is 4.74. The third-order valence-corrected chi connectivity index (χ3v) is 4.98. The summed E-state index contributed by atoms with van der Waals surface area (Å²) in [6.45, 7) is 5.21. The summed E-state index contributed by atoms with van der Waals surface area (Å²) in [5.74, 6) is 0. The van der Waals surface area contributed by atoms with Crippen molar-refractivity contribution in [2.24, 2.45) is 0 Å². The molecular weight excluding hydrogens is 322 g/mol. The number of rotatable bonds is 6. The zero-order chi connectivity index (χ0) is 13.8. The molecule has 1 atom stereocenters. The van der Waals surface area contributed by atoms with E-state index in [1.807, 2.05) is 7.05 Å². The summed E-state index contributed by atoms with van der Waals surface area (Å²) in [4.78, 5) is 1.38. The number of aromatic nitrogens is 2. The Morgan fingerprint density at radius 1 is 1.42 bits per heavy atom. The minimum atomic E-state index is 0.318. The van der Waals surface area contributed by atoms with Gasteiger partial charge in [0.25, 0.3) is 0 Å². The van der Waals surface area contributed by atoms with Crippen LogP contribution in [0.2, 0.25) is 0 Å². The number of hydrogen-bond acceptors (Lipinski definition) is 3. The van der Waals surface area contributed by atoms with Gasteiger partial charge in [0.1, 0.15) is 0 Å². The van der Waals surface area contributed by atoms with Crippen molar-refractivity contribution in [2.75, 3.05) is 7.05 Å². The van der Waals surface area contributed by atoms with Crippen LogP contribution in [0.5, 0.6) is 0 Å². The zero-order valence-electron chi connectivity index (χ0n) is 11.6. The maximum atomic E-state index is 4.63. The van der Waals surface area contributed by atoms with Crippen molar-refractivity contribution in [3.8, 4) is 0 Å². The molecule has 104 valence electrons. The van der Waals surface area contributed by atoms with Crippen LogP contribution in [0.15, 0.2) is 22.0 Å². The van der Waals surface area contributed by atoms with E-state index in [4.69, 9.17) is 0 Å². The average Bonchev–Trinajstić information content (AvgIpc) is 3.01. The van der Waals surface area contributed by atoms with Crippen molar-refractivity contribution in [3.63, 3.8) is 0 Å². The lowest BCUT2D eigenvalue weighted by Crippen LogP contribution is -2.22. The molecule has 3 nitrogen and oxygen atoms in total. The highest BCUT2D eigenvalue weighted by Gasteiger charge is 2.17. The summed E-state index contributed by atoms with van der Waals surface area (Å²) >= 11 is 5.31. The minimum Gasteiger partial charge on any atom is -0.311 e. The molecule has 2 rings (SSSR count). The molecule has 2 aromatic heterocycles. The van der Waals surface area contributed by atoms with Gasteiger partial charge in [0, 0.05) is 27.7 Å². The lowest BCUT2D eigenvalue weighted by Gasteiger charge is -2.16. The number of likely N-dealkylation sites (N-methyl/N-ethyl adjacent to an activating group) is 1. The summed E-state index contributed by atoms with van der Waals surface area (Å²) in [6.07, 6.45) is 1.99. The molecule has 1 unspecified atom stereocenters. The fourth-order valence-electron chi connectivity index (χ4n) is 2.21. The van der Waals surface area contributed by atoms with Crippen molar-refractivity contribution in [3.05, 3.63) is 38.3 Å². The second-order valence-electron chi connectivity index (χ2n) is 4.51. The molecule has 0 aliphatic carbocycles. The maximum absolute atomic E-state index is 4.63. The van der Waals surface area contributed by atoms with Crippen molar-refractivity contribution in [2.45, 2.75) is 39.3 Å². The first-order valence-corrected chi connectivity index (χ1v) is 8.32. The number of thiophene rings is 1. The van der Waals surface area contributed by atoms with Gasteiger partial charge in [-0.05, 0) is 48.5 Å². The molecule has 0 saturated heterocycles. The van der Waals surface area contributed by atoms with Crippen molar-refractivity contribution >= 4 is 27.3 Å². The van der Waals surface area contributed by atoms with Crippen molar-refractivity contribution in [1.29, 1.82) is 0 Å². The highest BCUT2D eigenvalue weighted by molar-refractivity contribution is 9.10. The van der Waals surface area contributed by atoms with Gasteiger partial charge in [0.15, 0.2) is 0 Å². The Labute approximate surface area is 127 Å². The first-order valence-electron chi connectivity index (χ1n) is 6.64. The lowest BCUT2D eigenvalue weighted by molar-refractivity contribution is 0.514.